The Hall–Kier alpha value is -1.50. The van der Waals surface area contributed by atoms with Crippen LogP contribution in [0.15, 0.2) is 24.3 Å². The molecule has 0 spiro atoms. The Bertz CT molecular complexity index is 896. The minimum Gasteiger partial charge on any atom is -0.358 e. The van der Waals surface area contributed by atoms with Crippen molar-refractivity contribution >= 4 is 31.3 Å². The molecule has 0 aliphatic carbocycles. The molecule has 0 atom stereocenters. The molecule has 0 amide bonds. The first-order valence-electron chi connectivity index (χ1n) is 7.26. The van der Waals surface area contributed by atoms with E-state index in [1.807, 2.05) is 32.3 Å². The topological polar surface area (TPSA) is 140 Å². The zero-order chi connectivity index (χ0) is 19.3. The van der Waals surface area contributed by atoms with Crippen molar-refractivity contribution in [1.82, 2.24) is 14.6 Å². The number of hydrogen-bond donors (Lipinski definition) is 4. The highest BCUT2D eigenvalue weighted by Crippen LogP contribution is 2.19. The number of benzene rings is 1. The van der Waals surface area contributed by atoms with Crippen molar-refractivity contribution in [2.24, 2.45) is 0 Å². The molecule has 11 heteroatoms. The molecule has 0 bridgehead atoms. The van der Waals surface area contributed by atoms with Crippen molar-refractivity contribution in [3.63, 3.8) is 0 Å². The van der Waals surface area contributed by atoms with Gasteiger partial charge in [0, 0.05) is 24.2 Å². The molecule has 2 aromatic rings. The number of fused-ring (bicyclic) bond motifs is 1. The van der Waals surface area contributed by atoms with E-state index in [0.29, 0.717) is 0 Å². The molecular formula is C14H23N3O6S2. The van der Waals surface area contributed by atoms with E-state index in [-0.39, 0.29) is 5.75 Å². The Kier molecular flexibility index (Phi) is 7.53. The summed E-state index contributed by atoms with van der Waals surface area (Å²) in [5.74, 6) is 0.0116. The maximum absolute atomic E-state index is 11.6. The Morgan fingerprint density at radius 3 is 2.24 bits per heavy atom. The minimum absolute atomic E-state index is 0.0116. The second-order valence-corrected chi connectivity index (χ2v) is 8.50. The Labute approximate surface area is 147 Å². The van der Waals surface area contributed by atoms with Crippen LogP contribution in [-0.2, 0) is 32.6 Å². The molecule has 0 fully saturated rings. The van der Waals surface area contributed by atoms with Gasteiger partial charge in [-0.2, -0.15) is 8.42 Å². The van der Waals surface area contributed by atoms with Gasteiger partial charge in [-0.1, -0.05) is 6.07 Å². The number of sulfonamides is 1. The van der Waals surface area contributed by atoms with E-state index in [1.54, 1.807) is 0 Å². The molecule has 0 saturated heterocycles. The SMILES string of the molecule is CNS(=O)(=O)Cc1ccc2[nH]c(CCN(C)C)cc2c1.O=S(=O)(O)O. The first-order valence-corrected chi connectivity index (χ1v) is 10.3. The van der Waals surface area contributed by atoms with E-state index in [0.717, 1.165) is 29.4 Å². The maximum atomic E-state index is 11.6. The fourth-order valence-electron chi connectivity index (χ4n) is 2.10. The van der Waals surface area contributed by atoms with Gasteiger partial charge in [-0.3, -0.25) is 9.11 Å². The molecule has 2 rings (SSSR count). The van der Waals surface area contributed by atoms with Crippen molar-refractivity contribution in [3.8, 4) is 0 Å². The van der Waals surface area contributed by atoms with Gasteiger partial charge in [0.1, 0.15) is 0 Å². The van der Waals surface area contributed by atoms with Gasteiger partial charge in [0.15, 0.2) is 0 Å². The number of nitrogens with one attached hydrogen (secondary N) is 2. The monoisotopic (exact) mass is 393 g/mol. The van der Waals surface area contributed by atoms with Crippen LogP contribution in [0.1, 0.15) is 11.3 Å². The fourth-order valence-corrected chi connectivity index (χ4v) is 2.87. The van der Waals surface area contributed by atoms with Crippen LogP contribution in [0.3, 0.4) is 0 Å². The van der Waals surface area contributed by atoms with Gasteiger partial charge in [-0.05, 0) is 50.3 Å². The normalized spacial score (nSPS) is 12.2. The maximum Gasteiger partial charge on any atom is 0.394 e. The lowest BCUT2D eigenvalue weighted by Gasteiger charge is -2.07. The largest absolute Gasteiger partial charge is 0.394 e. The summed E-state index contributed by atoms with van der Waals surface area (Å²) in [6, 6.07) is 7.81. The predicted molar refractivity (Wildman–Crippen MR) is 96.4 cm³/mol. The fraction of sp³-hybridized carbons (Fsp3) is 0.429. The summed E-state index contributed by atoms with van der Waals surface area (Å²) in [5, 5.41) is 1.06. The third-order valence-corrected chi connectivity index (χ3v) is 4.57. The van der Waals surface area contributed by atoms with E-state index in [2.05, 4.69) is 20.7 Å². The van der Waals surface area contributed by atoms with Gasteiger partial charge in [-0.15, -0.1) is 0 Å². The van der Waals surface area contributed by atoms with Gasteiger partial charge in [0.05, 0.1) is 5.75 Å². The van der Waals surface area contributed by atoms with Crippen molar-refractivity contribution in [2.75, 3.05) is 27.7 Å². The molecule has 0 radical (unpaired) electrons. The molecule has 0 saturated carbocycles. The van der Waals surface area contributed by atoms with Crippen LogP contribution in [-0.4, -0.2) is 63.5 Å². The van der Waals surface area contributed by atoms with Crippen LogP contribution in [0.25, 0.3) is 10.9 Å². The second-order valence-electron chi connectivity index (χ2n) is 5.68. The Balaban J connectivity index is 0.000000550. The molecule has 0 aliphatic rings. The molecule has 25 heavy (non-hydrogen) atoms. The number of likely N-dealkylation sites (N-methyl/N-ethyl adjacent to an activating group) is 1. The number of aromatic amines is 1. The molecule has 1 heterocycles. The number of hydrogen-bond acceptors (Lipinski definition) is 5. The lowest BCUT2D eigenvalue weighted by Crippen LogP contribution is -2.20. The van der Waals surface area contributed by atoms with Gasteiger partial charge in [-0.25, -0.2) is 13.1 Å². The van der Waals surface area contributed by atoms with E-state index < -0.39 is 20.4 Å². The van der Waals surface area contributed by atoms with Gasteiger partial charge in [0.25, 0.3) is 0 Å². The van der Waals surface area contributed by atoms with Crippen LogP contribution in [0.5, 0.6) is 0 Å². The Morgan fingerprint density at radius 1 is 1.12 bits per heavy atom. The molecule has 9 nitrogen and oxygen atoms in total. The predicted octanol–water partition coefficient (Wildman–Crippen LogP) is 0.668. The van der Waals surface area contributed by atoms with Crippen LogP contribution >= 0.6 is 0 Å². The second kappa shape index (κ2) is 8.74. The van der Waals surface area contributed by atoms with Crippen molar-refractivity contribution in [3.05, 3.63) is 35.5 Å². The highest BCUT2D eigenvalue weighted by atomic mass is 32.3. The summed E-state index contributed by atoms with van der Waals surface area (Å²) in [7, 11) is -2.37. The summed E-state index contributed by atoms with van der Waals surface area (Å²) in [4.78, 5) is 5.50. The summed E-state index contributed by atoms with van der Waals surface area (Å²) in [6.45, 7) is 0.980. The van der Waals surface area contributed by atoms with Crippen molar-refractivity contribution in [2.45, 2.75) is 12.2 Å². The van der Waals surface area contributed by atoms with E-state index in [9.17, 15) is 8.42 Å². The van der Waals surface area contributed by atoms with E-state index in [1.165, 1.54) is 12.7 Å². The molecule has 1 aromatic carbocycles. The zero-order valence-electron chi connectivity index (χ0n) is 14.2. The molecule has 0 aliphatic heterocycles. The quantitative estimate of drug-likeness (QED) is 0.529. The smallest absolute Gasteiger partial charge is 0.358 e. The minimum atomic E-state index is -4.67. The van der Waals surface area contributed by atoms with Gasteiger partial charge >= 0.3 is 10.4 Å². The third-order valence-electron chi connectivity index (χ3n) is 3.24. The number of rotatable bonds is 6. The average molecular weight is 393 g/mol. The molecule has 4 N–H and O–H groups in total. The number of aromatic nitrogens is 1. The lowest BCUT2D eigenvalue weighted by molar-refractivity contribution is 0.381. The van der Waals surface area contributed by atoms with Crippen molar-refractivity contribution in [1.29, 1.82) is 0 Å². The molecule has 0 unspecified atom stereocenters. The number of H-pyrrole nitrogens is 1. The molecule has 1 aromatic heterocycles. The zero-order valence-corrected chi connectivity index (χ0v) is 15.9. The lowest BCUT2D eigenvalue weighted by atomic mass is 10.2. The van der Waals surface area contributed by atoms with Crippen LogP contribution in [0, 0.1) is 0 Å². The average Bonchev–Trinajstić information content (AvgIpc) is 2.85. The van der Waals surface area contributed by atoms with Crippen LogP contribution in [0.2, 0.25) is 0 Å². The number of nitrogens with zero attached hydrogens (tertiary/aromatic N) is 1. The van der Waals surface area contributed by atoms with E-state index >= 15 is 0 Å². The van der Waals surface area contributed by atoms with E-state index in [4.69, 9.17) is 17.5 Å². The molecule has 142 valence electrons. The van der Waals surface area contributed by atoms with Crippen molar-refractivity contribution < 1.29 is 25.9 Å². The molecular weight excluding hydrogens is 370 g/mol. The van der Waals surface area contributed by atoms with Crippen LogP contribution in [0.4, 0.5) is 0 Å². The summed E-state index contributed by atoms with van der Waals surface area (Å²) < 4.78 is 57.0. The standard InChI is InChI=1S/C14H21N3O2S.H2O4S/c1-15-20(18,19)10-11-4-5-14-12(8-11)9-13(16-14)6-7-17(2)3;1-5(2,3)4/h4-5,8-9,15-16H,6-7,10H2,1-3H3;(H2,1,2,3,4). The first-order chi connectivity index (χ1) is 11.4. The third kappa shape index (κ3) is 8.95. The Morgan fingerprint density at radius 2 is 1.72 bits per heavy atom. The highest BCUT2D eigenvalue weighted by Gasteiger charge is 2.10. The van der Waals surface area contributed by atoms with Crippen LogP contribution < -0.4 is 4.72 Å². The van der Waals surface area contributed by atoms with Gasteiger partial charge < -0.3 is 9.88 Å². The first kappa shape index (κ1) is 21.5. The van der Waals surface area contributed by atoms with Gasteiger partial charge in [0.2, 0.25) is 10.0 Å². The summed E-state index contributed by atoms with van der Waals surface area (Å²) in [5.41, 5.74) is 3.01. The summed E-state index contributed by atoms with van der Waals surface area (Å²) in [6.07, 6.45) is 0.950. The summed E-state index contributed by atoms with van der Waals surface area (Å²) >= 11 is 0. The highest BCUT2D eigenvalue weighted by molar-refractivity contribution is 7.88.